The molecule has 1 heterocycles. The third-order valence-electron chi connectivity index (χ3n) is 3.62. The number of rotatable bonds is 7. The van der Waals surface area contributed by atoms with Crippen LogP contribution in [-0.4, -0.2) is 23.8 Å². The number of halogens is 1. The molecule has 0 spiro atoms. The van der Waals surface area contributed by atoms with Crippen molar-refractivity contribution in [1.29, 1.82) is 0 Å². The van der Waals surface area contributed by atoms with Crippen molar-refractivity contribution in [3.8, 4) is 11.5 Å². The van der Waals surface area contributed by atoms with Crippen LogP contribution in [0.1, 0.15) is 44.3 Å². The van der Waals surface area contributed by atoms with Gasteiger partial charge in [0.2, 0.25) is 0 Å². The summed E-state index contributed by atoms with van der Waals surface area (Å²) in [5, 5.41) is -0.129. The van der Waals surface area contributed by atoms with E-state index in [4.69, 9.17) is 21.1 Å². The van der Waals surface area contributed by atoms with Crippen LogP contribution in [0.2, 0.25) is 0 Å². The summed E-state index contributed by atoms with van der Waals surface area (Å²) in [5.41, 5.74) is 1.94. The second kappa shape index (κ2) is 7.03. The standard InChI is InChI=1S/C16H23ClN2O2/c1-5-6-7-8-19-13-10-15(21-4)14(20-3)9-12(13)18-16(19)11(2)17/h9-11H,5-8H2,1-4H3. The van der Waals surface area contributed by atoms with E-state index in [0.29, 0.717) is 5.75 Å². The molecule has 116 valence electrons. The van der Waals surface area contributed by atoms with Crippen molar-refractivity contribution in [1.82, 2.24) is 9.55 Å². The number of ether oxygens (including phenoxy) is 2. The largest absolute Gasteiger partial charge is 0.493 e. The van der Waals surface area contributed by atoms with E-state index < -0.39 is 0 Å². The number of nitrogens with zero attached hydrogens (tertiary/aromatic N) is 2. The number of aromatic nitrogens is 2. The number of aryl methyl sites for hydroxylation is 1. The number of fused-ring (bicyclic) bond motifs is 1. The Hall–Kier alpha value is -1.42. The summed E-state index contributed by atoms with van der Waals surface area (Å²) in [6.07, 6.45) is 3.51. The summed E-state index contributed by atoms with van der Waals surface area (Å²) in [5.74, 6) is 2.31. The fourth-order valence-corrected chi connectivity index (χ4v) is 2.70. The lowest BCUT2D eigenvalue weighted by atomic mass is 10.2. The molecule has 1 atom stereocenters. The summed E-state index contributed by atoms with van der Waals surface area (Å²) >= 11 is 6.29. The van der Waals surface area contributed by atoms with Gasteiger partial charge in [0.25, 0.3) is 0 Å². The molecule has 0 N–H and O–H groups in total. The van der Waals surface area contributed by atoms with Crippen molar-refractivity contribution in [2.45, 2.75) is 45.0 Å². The van der Waals surface area contributed by atoms with Crippen molar-refractivity contribution in [3.05, 3.63) is 18.0 Å². The fraction of sp³-hybridized carbons (Fsp3) is 0.562. The molecule has 0 radical (unpaired) electrons. The van der Waals surface area contributed by atoms with Gasteiger partial charge in [-0.1, -0.05) is 19.8 Å². The lowest BCUT2D eigenvalue weighted by molar-refractivity contribution is 0.355. The molecule has 0 amide bonds. The molecule has 0 saturated carbocycles. The number of methoxy groups -OCH3 is 2. The van der Waals surface area contributed by atoms with Crippen molar-refractivity contribution >= 4 is 22.6 Å². The summed E-state index contributed by atoms with van der Waals surface area (Å²) in [6, 6.07) is 3.89. The fourth-order valence-electron chi connectivity index (χ4n) is 2.53. The van der Waals surface area contributed by atoms with Gasteiger partial charge in [-0.2, -0.15) is 0 Å². The Balaban J connectivity index is 2.53. The first-order valence-electron chi connectivity index (χ1n) is 7.38. The molecule has 2 aromatic rings. The number of unbranched alkanes of at least 4 members (excludes halogenated alkanes) is 2. The Morgan fingerprint density at radius 3 is 2.43 bits per heavy atom. The zero-order valence-corrected chi connectivity index (χ0v) is 13.9. The number of imidazole rings is 1. The van der Waals surface area contributed by atoms with Crippen molar-refractivity contribution in [2.24, 2.45) is 0 Å². The maximum atomic E-state index is 6.29. The summed E-state index contributed by atoms with van der Waals surface area (Å²) in [4.78, 5) is 4.67. The molecular weight excluding hydrogens is 288 g/mol. The molecule has 2 rings (SSSR count). The minimum atomic E-state index is -0.129. The molecule has 5 heteroatoms. The topological polar surface area (TPSA) is 36.3 Å². The summed E-state index contributed by atoms with van der Waals surface area (Å²) in [7, 11) is 3.28. The highest BCUT2D eigenvalue weighted by atomic mass is 35.5. The first kappa shape index (κ1) is 16.0. The van der Waals surface area contributed by atoms with Gasteiger partial charge < -0.3 is 14.0 Å². The number of benzene rings is 1. The van der Waals surface area contributed by atoms with Gasteiger partial charge in [-0.25, -0.2) is 4.98 Å². The average Bonchev–Trinajstić information content (AvgIpc) is 2.84. The Kier molecular flexibility index (Phi) is 5.34. The van der Waals surface area contributed by atoms with E-state index in [1.165, 1.54) is 12.8 Å². The van der Waals surface area contributed by atoms with Gasteiger partial charge in [0.15, 0.2) is 11.5 Å². The van der Waals surface area contributed by atoms with Gasteiger partial charge in [-0.05, 0) is 13.3 Å². The highest BCUT2D eigenvalue weighted by Crippen LogP contribution is 2.34. The average molecular weight is 311 g/mol. The minimum Gasteiger partial charge on any atom is -0.493 e. The van der Waals surface area contributed by atoms with Crippen LogP contribution in [0.4, 0.5) is 0 Å². The van der Waals surface area contributed by atoms with Crippen molar-refractivity contribution in [3.63, 3.8) is 0 Å². The smallest absolute Gasteiger partial charge is 0.163 e. The molecule has 1 aromatic carbocycles. The van der Waals surface area contributed by atoms with Crippen molar-refractivity contribution in [2.75, 3.05) is 14.2 Å². The Morgan fingerprint density at radius 2 is 1.86 bits per heavy atom. The molecule has 0 saturated heterocycles. The molecule has 1 unspecified atom stereocenters. The van der Waals surface area contributed by atoms with Crippen LogP contribution in [0.15, 0.2) is 12.1 Å². The third kappa shape index (κ3) is 3.26. The minimum absolute atomic E-state index is 0.129. The highest BCUT2D eigenvalue weighted by molar-refractivity contribution is 6.20. The van der Waals surface area contributed by atoms with Crippen LogP contribution in [0.5, 0.6) is 11.5 Å². The van der Waals surface area contributed by atoms with E-state index in [9.17, 15) is 0 Å². The highest BCUT2D eigenvalue weighted by Gasteiger charge is 2.17. The molecule has 0 aliphatic rings. The summed E-state index contributed by atoms with van der Waals surface area (Å²) < 4.78 is 12.9. The molecule has 0 bridgehead atoms. The lowest BCUT2D eigenvalue weighted by Crippen LogP contribution is -2.04. The van der Waals surface area contributed by atoms with E-state index >= 15 is 0 Å². The van der Waals surface area contributed by atoms with Gasteiger partial charge in [0, 0.05) is 18.7 Å². The zero-order valence-electron chi connectivity index (χ0n) is 13.1. The van der Waals surface area contributed by atoms with E-state index in [2.05, 4.69) is 16.5 Å². The molecule has 4 nitrogen and oxygen atoms in total. The normalized spacial score (nSPS) is 12.6. The molecular formula is C16H23ClN2O2. The predicted molar refractivity (Wildman–Crippen MR) is 86.6 cm³/mol. The van der Waals surface area contributed by atoms with Gasteiger partial charge in [-0.3, -0.25) is 0 Å². The zero-order chi connectivity index (χ0) is 15.4. The van der Waals surface area contributed by atoms with E-state index in [1.54, 1.807) is 14.2 Å². The van der Waals surface area contributed by atoms with Crippen LogP contribution in [-0.2, 0) is 6.54 Å². The van der Waals surface area contributed by atoms with Crippen LogP contribution >= 0.6 is 11.6 Å². The van der Waals surface area contributed by atoms with Crippen LogP contribution in [0.3, 0.4) is 0 Å². The van der Waals surface area contributed by atoms with Gasteiger partial charge >= 0.3 is 0 Å². The molecule has 1 aromatic heterocycles. The Morgan fingerprint density at radius 1 is 1.19 bits per heavy atom. The predicted octanol–water partition coefficient (Wildman–Crippen LogP) is 4.54. The maximum Gasteiger partial charge on any atom is 0.163 e. The first-order chi connectivity index (χ1) is 10.1. The SMILES string of the molecule is CCCCCn1c(C(C)Cl)nc2cc(OC)c(OC)cc21. The Bertz CT molecular complexity index is 608. The molecule has 0 aliphatic carbocycles. The van der Waals surface area contributed by atoms with Gasteiger partial charge in [0.1, 0.15) is 5.82 Å². The second-order valence-electron chi connectivity index (χ2n) is 5.14. The number of hydrogen-bond acceptors (Lipinski definition) is 3. The van der Waals surface area contributed by atoms with Crippen molar-refractivity contribution < 1.29 is 9.47 Å². The van der Waals surface area contributed by atoms with E-state index in [1.807, 2.05) is 19.1 Å². The first-order valence-corrected chi connectivity index (χ1v) is 7.82. The van der Waals surface area contributed by atoms with Crippen LogP contribution in [0, 0.1) is 0 Å². The third-order valence-corrected chi connectivity index (χ3v) is 3.82. The quantitative estimate of drug-likeness (QED) is 0.556. The number of hydrogen-bond donors (Lipinski definition) is 0. The second-order valence-corrected chi connectivity index (χ2v) is 5.80. The monoisotopic (exact) mass is 310 g/mol. The van der Waals surface area contributed by atoms with E-state index in [-0.39, 0.29) is 5.38 Å². The van der Waals surface area contributed by atoms with E-state index in [0.717, 1.165) is 35.6 Å². The lowest BCUT2D eigenvalue weighted by Gasteiger charge is -2.11. The molecule has 21 heavy (non-hydrogen) atoms. The summed E-state index contributed by atoms with van der Waals surface area (Å²) in [6.45, 7) is 5.07. The van der Waals surface area contributed by atoms with Crippen LogP contribution in [0.25, 0.3) is 11.0 Å². The van der Waals surface area contributed by atoms with Crippen LogP contribution < -0.4 is 9.47 Å². The Labute approximate surface area is 131 Å². The number of alkyl halides is 1. The molecule has 0 fully saturated rings. The maximum absolute atomic E-state index is 6.29. The van der Waals surface area contributed by atoms with Gasteiger partial charge in [0.05, 0.1) is 30.6 Å². The van der Waals surface area contributed by atoms with Gasteiger partial charge in [-0.15, -0.1) is 11.6 Å². The molecule has 0 aliphatic heterocycles.